The Morgan fingerprint density at radius 3 is 2.86 bits per heavy atom. The van der Waals surface area contributed by atoms with Gasteiger partial charge in [0.1, 0.15) is 34.6 Å². The molecule has 0 aliphatic heterocycles. The number of rotatable bonds is 5. The number of nitrogens with two attached hydrogens (primary N) is 1. The third-order valence-electron chi connectivity index (χ3n) is 5.46. The largest absolute Gasteiger partial charge is 0.488 e. The number of aromatic nitrogens is 2. The zero-order valence-electron chi connectivity index (χ0n) is 16.4. The molecule has 1 amide bonds. The number of primary amides is 1. The highest BCUT2D eigenvalue weighted by atomic mass is 32.1. The van der Waals surface area contributed by atoms with Gasteiger partial charge in [-0.2, -0.15) is 0 Å². The van der Waals surface area contributed by atoms with Gasteiger partial charge >= 0.3 is 0 Å². The first-order valence-electron chi connectivity index (χ1n) is 9.71. The number of fused-ring (bicyclic) bond motifs is 1. The number of carbonyl (C=O) groups excluding carboxylic acids is 1. The summed E-state index contributed by atoms with van der Waals surface area (Å²) in [5.41, 5.74) is 6.83. The lowest BCUT2D eigenvalue weighted by Crippen LogP contribution is -2.28. The molecule has 29 heavy (non-hydrogen) atoms. The molecule has 152 valence electrons. The van der Waals surface area contributed by atoms with Crippen LogP contribution in [-0.4, -0.2) is 22.0 Å². The maximum absolute atomic E-state index is 14.0. The van der Waals surface area contributed by atoms with Crippen molar-refractivity contribution in [1.82, 2.24) is 9.97 Å². The van der Waals surface area contributed by atoms with Crippen LogP contribution in [0.25, 0.3) is 10.2 Å². The second-order valence-electron chi connectivity index (χ2n) is 7.51. The number of carbonyl (C=O) groups is 1. The molecule has 1 aromatic carbocycles. The van der Waals surface area contributed by atoms with Gasteiger partial charge in [0.05, 0.1) is 16.0 Å². The molecule has 0 radical (unpaired) electrons. The summed E-state index contributed by atoms with van der Waals surface area (Å²) in [6.07, 6.45) is 5.87. The predicted octanol–water partition coefficient (Wildman–Crippen LogP) is 4.94. The number of benzene rings is 1. The van der Waals surface area contributed by atoms with E-state index in [1.807, 2.05) is 6.92 Å². The first kappa shape index (κ1) is 19.6. The van der Waals surface area contributed by atoms with Gasteiger partial charge in [-0.1, -0.05) is 13.3 Å². The number of amides is 1. The smallest absolute Gasteiger partial charge is 0.259 e. The molecular weight excluding hydrogens is 391 g/mol. The molecular formula is C21H23FN4O2S. The van der Waals surface area contributed by atoms with Gasteiger partial charge in [0.15, 0.2) is 0 Å². The topological polar surface area (TPSA) is 90.1 Å². The van der Waals surface area contributed by atoms with Gasteiger partial charge in [-0.15, -0.1) is 11.3 Å². The molecule has 1 saturated carbocycles. The van der Waals surface area contributed by atoms with Gasteiger partial charge in [0, 0.05) is 6.07 Å². The Balaban J connectivity index is 1.70. The zero-order valence-corrected chi connectivity index (χ0v) is 17.2. The van der Waals surface area contributed by atoms with Gasteiger partial charge in [-0.05, 0) is 49.8 Å². The summed E-state index contributed by atoms with van der Waals surface area (Å²) in [5.74, 6) is 0.559. The summed E-state index contributed by atoms with van der Waals surface area (Å²) in [6.45, 7) is 3.99. The van der Waals surface area contributed by atoms with Crippen LogP contribution in [0.1, 0.15) is 47.8 Å². The number of hydrogen-bond donors (Lipinski definition) is 2. The van der Waals surface area contributed by atoms with Gasteiger partial charge in [-0.3, -0.25) is 4.79 Å². The lowest BCUT2D eigenvalue weighted by Gasteiger charge is -2.30. The average Bonchev–Trinajstić information content (AvgIpc) is 3.04. The molecule has 0 unspecified atom stereocenters. The summed E-state index contributed by atoms with van der Waals surface area (Å²) >= 11 is 1.24. The highest BCUT2D eigenvalue weighted by Crippen LogP contribution is 2.37. The highest BCUT2D eigenvalue weighted by molar-refractivity contribution is 7.20. The van der Waals surface area contributed by atoms with Gasteiger partial charge in [0.25, 0.3) is 5.91 Å². The number of nitrogens with one attached hydrogen (secondary N) is 1. The number of anilines is 2. The van der Waals surface area contributed by atoms with Crippen LogP contribution in [0, 0.1) is 18.7 Å². The van der Waals surface area contributed by atoms with Crippen molar-refractivity contribution in [2.75, 3.05) is 5.32 Å². The van der Waals surface area contributed by atoms with Crippen LogP contribution in [0.3, 0.4) is 0 Å². The third kappa shape index (κ3) is 3.89. The molecule has 2 aromatic heterocycles. The Hall–Kier alpha value is -2.74. The normalized spacial score (nSPS) is 19.3. The molecule has 3 aromatic rings. The molecule has 3 N–H and O–H groups in total. The number of thiophene rings is 1. The van der Waals surface area contributed by atoms with Crippen molar-refractivity contribution < 1.29 is 13.9 Å². The second kappa shape index (κ2) is 7.94. The predicted molar refractivity (Wildman–Crippen MR) is 112 cm³/mol. The Morgan fingerprint density at radius 2 is 2.10 bits per heavy atom. The van der Waals surface area contributed by atoms with Gasteiger partial charge in [0.2, 0.25) is 0 Å². The summed E-state index contributed by atoms with van der Waals surface area (Å²) in [5, 5.41) is 3.98. The summed E-state index contributed by atoms with van der Waals surface area (Å²) in [6, 6.07) is 4.42. The van der Waals surface area contributed by atoms with Crippen molar-refractivity contribution >= 4 is 39.0 Å². The van der Waals surface area contributed by atoms with Crippen LogP contribution in [0.5, 0.6) is 5.75 Å². The van der Waals surface area contributed by atoms with E-state index in [1.54, 1.807) is 6.07 Å². The van der Waals surface area contributed by atoms with Crippen molar-refractivity contribution in [3.63, 3.8) is 0 Å². The summed E-state index contributed by atoms with van der Waals surface area (Å²) < 4.78 is 20.2. The number of nitrogens with zero attached hydrogens (tertiary/aromatic N) is 2. The van der Waals surface area contributed by atoms with Gasteiger partial charge in [-0.25, -0.2) is 14.4 Å². The maximum Gasteiger partial charge on any atom is 0.259 e. The van der Waals surface area contributed by atoms with E-state index in [1.165, 1.54) is 36.2 Å². The lowest BCUT2D eigenvalue weighted by atomic mass is 9.88. The molecule has 6 nitrogen and oxygen atoms in total. The van der Waals surface area contributed by atoms with E-state index in [0.717, 1.165) is 30.2 Å². The van der Waals surface area contributed by atoms with E-state index in [2.05, 4.69) is 22.2 Å². The van der Waals surface area contributed by atoms with Crippen molar-refractivity contribution in [3.8, 4) is 5.75 Å². The standard InChI is InChI=1S/C21H23FN4O2S/c1-11-5-3-4-6-15(11)28-16-9-13(22)7-8-14(16)26-20-17-12(2)18(19(23)27)29-21(17)25-10-24-20/h7-11,15H,3-6H2,1-2H3,(H2,23,27)(H,24,25,26)/t11-,15-/m0/s1. The molecule has 8 heteroatoms. The van der Waals surface area contributed by atoms with E-state index in [4.69, 9.17) is 10.5 Å². The van der Waals surface area contributed by atoms with E-state index in [0.29, 0.717) is 32.9 Å². The minimum atomic E-state index is -0.492. The van der Waals surface area contributed by atoms with E-state index >= 15 is 0 Å². The number of ether oxygens (including phenoxy) is 1. The van der Waals surface area contributed by atoms with Crippen LogP contribution in [-0.2, 0) is 0 Å². The fourth-order valence-corrected chi connectivity index (χ4v) is 4.85. The maximum atomic E-state index is 14.0. The Morgan fingerprint density at radius 1 is 1.31 bits per heavy atom. The van der Waals surface area contributed by atoms with E-state index in [-0.39, 0.29) is 11.9 Å². The monoisotopic (exact) mass is 414 g/mol. The minimum absolute atomic E-state index is 0.0564. The van der Waals surface area contributed by atoms with Gasteiger partial charge < -0.3 is 15.8 Å². The molecule has 1 aliphatic rings. The quantitative estimate of drug-likeness (QED) is 0.617. The molecule has 0 bridgehead atoms. The van der Waals surface area contributed by atoms with Crippen LogP contribution >= 0.6 is 11.3 Å². The van der Waals surface area contributed by atoms with Crippen LogP contribution in [0.2, 0.25) is 0 Å². The summed E-state index contributed by atoms with van der Waals surface area (Å²) in [4.78, 5) is 21.4. The Labute approximate surface area is 172 Å². The number of halogens is 1. The first-order valence-corrected chi connectivity index (χ1v) is 10.5. The molecule has 0 spiro atoms. The molecule has 2 heterocycles. The van der Waals surface area contributed by atoms with Crippen molar-refractivity contribution in [3.05, 3.63) is 40.8 Å². The average molecular weight is 415 g/mol. The van der Waals surface area contributed by atoms with Crippen molar-refractivity contribution in [2.24, 2.45) is 11.7 Å². The van der Waals surface area contributed by atoms with Crippen LogP contribution in [0.15, 0.2) is 24.5 Å². The van der Waals surface area contributed by atoms with Crippen LogP contribution in [0.4, 0.5) is 15.9 Å². The second-order valence-corrected chi connectivity index (χ2v) is 8.51. The third-order valence-corrected chi connectivity index (χ3v) is 6.67. The molecule has 1 fully saturated rings. The zero-order chi connectivity index (χ0) is 20.5. The molecule has 4 rings (SSSR count). The SMILES string of the molecule is Cc1c(C(N)=O)sc2ncnc(Nc3ccc(F)cc3O[C@H]3CCCC[C@@H]3C)c12. The lowest BCUT2D eigenvalue weighted by molar-refractivity contribution is 0.100. The first-order chi connectivity index (χ1) is 13.9. The number of aryl methyl sites for hydroxylation is 1. The fraction of sp³-hybridized carbons (Fsp3) is 0.381. The molecule has 0 saturated heterocycles. The van der Waals surface area contributed by atoms with Crippen molar-refractivity contribution in [2.45, 2.75) is 45.6 Å². The highest BCUT2D eigenvalue weighted by Gasteiger charge is 2.24. The summed E-state index contributed by atoms with van der Waals surface area (Å²) in [7, 11) is 0. The van der Waals surface area contributed by atoms with Crippen molar-refractivity contribution in [1.29, 1.82) is 0 Å². The Kier molecular flexibility index (Phi) is 5.36. The fourth-order valence-electron chi connectivity index (χ4n) is 3.85. The number of hydrogen-bond acceptors (Lipinski definition) is 6. The Bertz CT molecular complexity index is 1070. The van der Waals surface area contributed by atoms with E-state index < -0.39 is 5.91 Å². The minimum Gasteiger partial charge on any atom is -0.488 e. The van der Waals surface area contributed by atoms with E-state index in [9.17, 15) is 9.18 Å². The molecule has 1 aliphatic carbocycles. The van der Waals surface area contributed by atoms with Crippen LogP contribution < -0.4 is 15.8 Å². The molecule has 2 atom stereocenters.